The maximum atomic E-state index is 15.2. The third kappa shape index (κ3) is 7.12. The highest BCUT2D eigenvalue weighted by atomic mass is 35.5. The first-order valence-corrected chi connectivity index (χ1v) is 19.2. The van der Waals surface area contributed by atoms with Crippen LogP contribution in [0, 0.1) is 0 Å². The van der Waals surface area contributed by atoms with Crippen LogP contribution in [0.2, 0.25) is 5.02 Å². The Kier molecular flexibility index (Phi) is 11.1. The van der Waals surface area contributed by atoms with E-state index in [0.29, 0.717) is 31.4 Å². The number of benzene rings is 3. The lowest BCUT2D eigenvalue weighted by Gasteiger charge is -2.40. The molecule has 1 N–H and O–H groups in total. The molecule has 0 aliphatic heterocycles. The number of rotatable bonds is 15. The van der Waals surface area contributed by atoms with E-state index in [1.807, 2.05) is 13.8 Å². The molecule has 0 heterocycles. The minimum Gasteiger partial charge on any atom is -0.497 e. The van der Waals surface area contributed by atoms with Gasteiger partial charge in [-0.2, -0.15) is 4.72 Å². The summed E-state index contributed by atoms with van der Waals surface area (Å²) in [4.78, 5) is 12.6. The summed E-state index contributed by atoms with van der Waals surface area (Å²) >= 11 is 5.99. The molecule has 1 unspecified atom stereocenters. The van der Waals surface area contributed by atoms with E-state index in [-0.39, 0.29) is 39.2 Å². The van der Waals surface area contributed by atoms with E-state index in [2.05, 4.69) is 4.72 Å². The van der Waals surface area contributed by atoms with Gasteiger partial charge in [0, 0.05) is 16.1 Å². The van der Waals surface area contributed by atoms with Crippen molar-refractivity contribution in [1.82, 2.24) is 4.72 Å². The normalized spacial score (nSPS) is 17.1. The number of carbonyl (C=O) groups excluding carboxylic acids is 1. The molecule has 0 amide bonds. The number of Topliss-reactive ketones (excluding diaryl/α,β-unsaturated/α-hetero) is 1. The van der Waals surface area contributed by atoms with Crippen LogP contribution in [0.1, 0.15) is 55.5 Å². The molecule has 0 saturated carbocycles. The van der Waals surface area contributed by atoms with Crippen LogP contribution in [-0.2, 0) is 38.8 Å². The van der Waals surface area contributed by atoms with Crippen LogP contribution < -0.4 is 9.46 Å². The Balaban J connectivity index is 2.07. The van der Waals surface area contributed by atoms with E-state index in [9.17, 15) is 21.6 Å². The third-order valence-corrected chi connectivity index (χ3v) is 13.2. The average molecular weight is 696 g/mol. The number of hydrogen-bond acceptors (Lipinski definition) is 9. The van der Waals surface area contributed by atoms with Gasteiger partial charge in [-0.3, -0.25) is 9.36 Å². The van der Waals surface area contributed by atoms with Crippen molar-refractivity contribution in [1.29, 1.82) is 0 Å². The lowest BCUT2D eigenvalue weighted by atomic mass is 9.92. The highest BCUT2D eigenvalue weighted by Crippen LogP contribution is 2.67. The van der Waals surface area contributed by atoms with Crippen LogP contribution >= 0.6 is 19.2 Å². The Morgan fingerprint density at radius 3 is 1.93 bits per heavy atom. The predicted molar refractivity (Wildman–Crippen MR) is 172 cm³/mol. The van der Waals surface area contributed by atoms with Crippen molar-refractivity contribution in [3.8, 4) is 5.75 Å². The number of ether oxygens (including phenoxy) is 1. The van der Waals surface area contributed by atoms with Crippen LogP contribution in [0.25, 0.3) is 0 Å². The first kappa shape index (κ1) is 35.0. The number of allylic oxidation sites excluding steroid dienone is 1. The molecular formula is C31H35ClNO9PS2. The number of ketones is 1. The second-order valence-corrected chi connectivity index (χ2v) is 16.5. The highest BCUT2D eigenvalue weighted by molar-refractivity contribution is 7.96. The first-order valence-electron chi connectivity index (χ1n) is 14.3. The lowest BCUT2D eigenvalue weighted by Crippen LogP contribution is -2.48. The monoisotopic (exact) mass is 695 g/mol. The Labute approximate surface area is 269 Å². The van der Waals surface area contributed by atoms with Crippen molar-refractivity contribution in [2.24, 2.45) is 0 Å². The largest absolute Gasteiger partial charge is 0.497 e. The predicted octanol–water partition coefficient (Wildman–Crippen LogP) is 6.86. The highest BCUT2D eigenvalue weighted by Gasteiger charge is 2.58. The maximum absolute atomic E-state index is 15.2. The summed E-state index contributed by atoms with van der Waals surface area (Å²) in [5.41, 5.74) is -0.248. The zero-order valence-electron chi connectivity index (χ0n) is 25.1. The summed E-state index contributed by atoms with van der Waals surface area (Å²) in [5.74, 6) is -0.515. The van der Waals surface area contributed by atoms with Gasteiger partial charge in [0.05, 0.1) is 30.1 Å². The fourth-order valence-electron chi connectivity index (χ4n) is 4.70. The molecular weight excluding hydrogens is 661 g/mol. The summed E-state index contributed by atoms with van der Waals surface area (Å²) in [5, 5.41) is -2.20. The molecule has 0 radical (unpaired) electrons. The molecule has 3 aromatic rings. The van der Waals surface area contributed by atoms with E-state index in [0.717, 1.165) is 6.08 Å². The van der Waals surface area contributed by atoms with Crippen LogP contribution in [0.15, 0.2) is 93.6 Å². The van der Waals surface area contributed by atoms with Gasteiger partial charge in [0.25, 0.3) is 0 Å². The number of sulfone groups is 1. The molecule has 0 fully saturated rings. The molecule has 1 aliphatic rings. The van der Waals surface area contributed by atoms with Crippen LogP contribution in [-0.4, -0.2) is 42.9 Å². The second kappa shape index (κ2) is 14.3. The minimum atomic E-state index is -4.71. The fourth-order valence-corrected chi connectivity index (χ4v) is 10.3. The number of carbonyl (C=O) groups is 1. The number of unbranched alkanes of at least 4 members (excludes halogenated alkanes) is 2. The first-order chi connectivity index (χ1) is 21.3. The summed E-state index contributed by atoms with van der Waals surface area (Å²) < 4.78 is 91.1. The summed E-state index contributed by atoms with van der Waals surface area (Å²) in [7, 11) is -12.5. The minimum absolute atomic E-state index is 0.0709. The number of fused-ring (bicyclic) bond motifs is 1. The van der Waals surface area contributed by atoms with E-state index >= 15 is 4.57 Å². The van der Waals surface area contributed by atoms with Gasteiger partial charge < -0.3 is 13.8 Å². The molecule has 14 heteroatoms. The molecule has 0 spiro atoms. The zero-order valence-corrected chi connectivity index (χ0v) is 28.3. The Bertz CT molecular complexity index is 1810. The van der Waals surface area contributed by atoms with Crippen LogP contribution in [0.5, 0.6) is 5.75 Å². The molecule has 0 saturated heterocycles. The quantitative estimate of drug-likeness (QED) is 0.133. The Hall–Kier alpha value is -2.83. The Morgan fingerprint density at radius 2 is 1.38 bits per heavy atom. The molecule has 1 atom stereocenters. The zero-order chi connectivity index (χ0) is 32.9. The van der Waals surface area contributed by atoms with E-state index in [1.54, 1.807) is 0 Å². The smallest absolute Gasteiger partial charge is 0.360 e. The van der Waals surface area contributed by atoms with Gasteiger partial charge >= 0.3 is 7.60 Å². The number of sulfonamides is 1. The standard InChI is InChI=1S/C31H35ClNO9PS2/c1-4-6-20-41-43(35,42-21-7-5-2)31(33-45(38,39)26-18-14-24(40-3)15-19-26)22-29(30(34)27-10-8-9-11-28(27)31)44(36,37)25-16-12-23(32)13-17-25/h8-19,22,33H,4-7,20-21H2,1-3H3. The van der Waals surface area contributed by atoms with Crippen molar-refractivity contribution >= 4 is 44.8 Å². The fraction of sp³-hybridized carbons (Fsp3) is 0.323. The van der Waals surface area contributed by atoms with Gasteiger partial charge in [0.1, 0.15) is 10.7 Å². The molecule has 10 nitrogen and oxygen atoms in total. The van der Waals surface area contributed by atoms with Gasteiger partial charge in [-0.25, -0.2) is 16.8 Å². The van der Waals surface area contributed by atoms with Gasteiger partial charge in [0.15, 0.2) is 5.28 Å². The summed E-state index contributed by atoms with van der Waals surface area (Å²) in [6.45, 7) is 3.60. The summed E-state index contributed by atoms with van der Waals surface area (Å²) in [6, 6.07) is 16.4. The average Bonchev–Trinajstić information content (AvgIpc) is 3.02. The third-order valence-electron chi connectivity index (χ3n) is 7.17. The van der Waals surface area contributed by atoms with Gasteiger partial charge in [0.2, 0.25) is 25.6 Å². The van der Waals surface area contributed by atoms with E-state index in [4.69, 9.17) is 25.4 Å². The van der Waals surface area contributed by atoms with Crippen molar-refractivity contribution in [3.63, 3.8) is 0 Å². The van der Waals surface area contributed by atoms with Gasteiger partial charge in [-0.15, -0.1) is 0 Å². The molecule has 0 aromatic heterocycles. The molecule has 4 rings (SSSR count). The number of hydrogen-bond donors (Lipinski definition) is 1. The van der Waals surface area contributed by atoms with Crippen molar-refractivity contribution < 1.29 is 40.0 Å². The van der Waals surface area contributed by atoms with Crippen molar-refractivity contribution in [2.75, 3.05) is 20.3 Å². The van der Waals surface area contributed by atoms with Crippen LogP contribution in [0.3, 0.4) is 0 Å². The molecule has 0 bridgehead atoms. The van der Waals surface area contributed by atoms with Crippen LogP contribution in [0.4, 0.5) is 0 Å². The molecule has 45 heavy (non-hydrogen) atoms. The van der Waals surface area contributed by atoms with E-state index in [1.165, 1.54) is 79.9 Å². The van der Waals surface area contributed by atoms with Gasteiger partial charge in [-0.05, 0) is 67.4 Å². The maximum Gasteiger partial charge on any atom is 0.360 e. The SMILES string of the molecule is CCCCOP(=O)(OCCCC)C1(NS(=O)(=O)c2ccc(OC)cc2)C=C(S(=O)(=O)c2ccc(Cl)cc2)C(=O)c2ccccc21. The van der Waals surface area contributed by atoms with Gasteiger partial charge in [-0.1, -0.05) is 62.6 Å². The topological polar surface area (TPSA) is 142 Å². The second-order valence-electron chi connectivity index (χ2n) is 10.3. The number of methoxy groups -OCH3 is 1. The number of nitrogens with one attached hydrogen (secondary N) is 1. The molecule has 242 valence electrons. The van der Waals surface area contributed by atoms with E-state index < -0.39 is 43.4 Å². The van der Waals surface area contributed by atoms with Crippen molar-refractivity contribution in [2.45, 2.75) is 54.6 Å². The summed E-state index contributed by atoms with van der Waals surface area (Å²) in [6.07, 6.45) is 3.08. The Morgan fingerprint density at radius 1 is 0.822 bits per heavy atom. The lowest BCUT2D eigenvalue weighted by molar-refractivity contribution is 0.103. The van der Waals surface area contributed by atoms with Crippen molar-refractivity contribution in [3.05, 3.63) is 99.9 Å². The number of halogens is 1. The molecule has 3 aromatic carbocycles. The molecule has 1 aliphatic carbocycles.